The van der Waals surface area contributed by atoms with Crippen LogP contribution in [0, 0.1) is 0 Å². The van der Waals surface area contributed by atoms with Crippen molar-refractivity contribution >= 4 is 27.4 Å². The molecule has 1 unspecified atom stereocenters. The van der Waals surface area contributed by atoms with Gasteiger partial charge in [0.1, 0.15) is 5.41 Å². The van der Waals surface area contributed by atoms with Crippen LogP contribution in [0.15, 0.2) is 200 Å². The van der Waals surface area contributed by atoms with Crippen LogP contribution in [0.5, 0.6) is 0 Å². The quantitative estimate of drug-likeness (QED) is 0.160. The van der Waals surface area contributed by atoms with Gasteiger partial charge in [0.25, 0.3) is 0 Å². The Morgan fingerprint density at radius 1 is 0.403 bits per heavy atom. The van der Waals surface area contributed by atoms with Gasteiger partial charge >= 0.3 is 0 Å². The first kappa shape index (κ1) is 35.8. The molecule has 12 rings (SSSR count). The van der Waals surface area contributed by atoms with E-state index in [2.05, 4.69) is 150 Å². The largest absolute Gasteiger partial charge is 0.309 e. The zero-order valence-corrected chi connectivity index (χ0v) is 33.6. The Bertz CT molecular complexity index is 3340. The predicted molar refractivity (Wildman–Crippen MR) is 248 cm³/mol. The first-order valence-electron chi connectivity index (χ1n) is 21.0. The van der Waals surface area contributed by atoms with Crippen LogP contribution in [0.1, 0.15) is 41.4 Å². The molecule has 7 nitrogen and oxygen atoms in total. The van der Waals surface area contributed by atoms with Gasteiger partial charge in [-0.2, -0.15) is 0 Å². The standard InChI is InChI=1S/C55H37N7/c1-6-20-36(21-7-1)49-56-50(37-22-8-2-9-23-37)59-53(58-49)55(54-60-51(38-24-10-3-11-25-38)57-52(61-54)39-26-12-4-13-27-39)45-32-18-16-30-41(45)43-34-44-42-31-17-19-33-47(42)62(48(44)35-46(43)55)40-28-14-5-15-29-40/h1-3,5-12,14-35H,4,13H2. The number of fused-ring (bicyclic) bond motifs is 6. The van der Waals surface area contributed by atoms with E-state index < -0.39 is 5.41 Å². The van der Waals surface area contributed by atoms with E-state index in [-0.39, 0.29) is 0 Å². The fourth-order valence-electron chi connectivity index (χ4n) is 9.32. The number of benzene rings is 7. The minimum absolute atomic E-state index is 0.530. The summed E-state index contributed by atoms with van der Waals surface area (Å²) in [7, 11) is 0. The molecule has 3 aromatic heterocycles. The summed E-state index contributed by atoms with van der Waals surface area (Å²) < 4.78 is 2.36. The number of allylic oxidation sites excluding steroid dienone is 4. The smallest absolute Gasteiger partial charge is 0.163 e. The average molecular weight is 796 g/mol. The third-order valence-electron chi connectivity index (χ3n) is 12.1. The van der Waals surface area contributed by atoms with E-state index in [9.17, 15) is 0 Å². The second-order valence-corrected chi connectivity index (χ2v) is 15.7. The summed E-state index contributed by atoms with van der Waals surface area (Å²) in [6.07, 6.45) is 8.43. The van der Waals surface area contributed by atoms with Crippen molar-refractivity contribution in [3.8, 4) is 51.0 Å². The molecule has 0 saturated carbocycles. The highest BCUT2D eigenvalue weighted by Crippen LogP contribution is 2.56. The van der Waals surface area contributed by atoms with E-state index in [1.165, 1.54) is 5.39 Å². The van der Waals surface area contributed by atoms with Gasteiger partial charge in [-0.1, -0.05) is 170 Å². The SMILES string of the molecule is C1=CC(c2nc(-c3ccccc3)nc(C3(c4nc(-c5ccccc5)nc(-c5ccccc5)n4)c4ccccc4-c4cc5c6ccccc6n(-c6ccccc6)c5cc43)n2)=CCC1. The lowest BCUT2D eigenvalue weighted by Gasteiger charge is -2.30. The van der Waals surface area contributed by atoms with Gasteiger partial charge in [0.05, 0.1) is 11.0 Å². The van der Waals surface area contributed by atoms with Crippen LogP contribution in [-0.4, -0.2) is 34.5 Å². The van der Waals surface area contributed by atoms with Crippen LogP contribution in [0.25, 0.3) is 78.4 Å². The van der Waals surface area contributed by atoms with E-state index in [1.54, 1.807) is 0 Å². The van der Waals surface area contributed by atoms with Crippen LogP contribution < -0.4 is 0 Å². The van der Waals surface area contributed by atoms with Crippen LogP contribution in [0.3, 0.4) is 0 Å². The average Bonchev–Trinajstić information content (AvgIpc) is 3.84. The normalized spacial score (nSPS) is 15.4. The molecule has 2 aliphatic carbocycles. The molecule has 7 heteroatoms. The highest BCUT2D eigenvalue weighted by molar-refractivity contribution is 6.12. The van der Waals surface area contributed by atoms with Crippen molar-refractivity contribution in [2.24, 2.45) is 0 Å². The van der Waals surface area contributed by atoms with Crippen molar-refractivity contribution in [3.05, 3.63) is 229 Å². The second kappa shape index (κ2) is 14.5. The molecule has 292 valence electrons. The van der Waals surface area contributed by atoms with E-state index >= 15 is 0 Å². The van der Waals surface area contributed by atoms with Crippen molar-refractivity contribution in [3.63, 3.8) is 0 Å². The summed E-state index contributed by atoms with van der Waals surface area (Å²) in [6.45, 7) is 0. The van der Waals surface area contributed by atoms with Gasteiger partial charge < -0.3 is 4.57 Å². The van der Waals surface area contributed by atoms with E-state index in [4.69, 9.17) is 29.9 Å². The Balaban J connectivity index is 1.27. The topological polar surface area (TPSA) is 82.3 Å². The molecule has 3 heterocycles. The molecule has 0 spiro atoms. The lowest BCUT2D eigenvalue weighted by atomic mass is 9.75. The maximum Gasteiger partial charge on any atom is 0.163 e. The fourth-order valence-corrected chi connectivity index (χ4v) is 9.32. The molecule has 0 bridgehead atoms. The maximum absolute atomic E-state index is 5.57. The van der Waals surface area contributed by atoms with Crippen molar-refractivity contribution in [2.75, 3.05) is 0 Å². The number of aromatic nitrogens is 7. The Kier molecular flexibility index (Phi) is 8.38. The van der Waals surface area contributed by atoms with Crippen molar-refractivity contribution in [1.29, 1.82) is 0 Å². The number of rotatable bonds is 7. The van der Waals surface area contributed by atoms with Crippen LogP contribution in [0.4, 0.5) is 0 Å². The second-order valence-electron chi connectivity index (χ2n) is 15.7. The summed E-state index contributed by atoms with van der Waals surface area (Å²) in [5, 5.41) is 2.32. The highest BCUT2D eigenvalue weighted by atomic mass is 15.1. The van der Waals surface area contributed by atoms with E-state index in [0.717, 1.165) is 79.5 Å². The minimum Gasteiger partial charge on any atom is -0.309 e. The van der Waals surface area contributed by atoms with Gasteiger partial charge in [-0.3, -0.25) is 0 Å². The van der Waals surface area contributed by atoms with Gasteiger partial charge in [-0.25, -0.2) is 29.9 Å². The molecular formula is C55H37N7. The number of para-hydroxylation sites is 2. The van der Waals surface area contributed by atoms with Gasteiger partial charge in [0.2, 0.25) is 0 Å². The van der Waals surface area contributed by atoms with Gasteiger partial charge in [-0.05, 0) is 65.4 Å². The molecule has 0 N–H and O–H groups in total. The van der Waals surface area contributed by atoms with E-state index in [0.29, 0.717) is 34.9 Å². The van der Waals surface area contributed by atoms with Crippen molar-refractivity contribution in [2.45, 2.75) is 18.3 Å². The Labute approximate surface area is 358 Å². The van der Waals surface area contributed by atoms with E-state index in [1.807, 2.05) is 54.6 Å². The highest BCUT2D eigenvalue weighted by Gasteiger charge is 2.52. The molecule has 0 amide bonds. The zero-order chi connectivity index (χ0) is 41.0. The lowest BCUT2D eigenvalue weighted by molar-refractivity contribution is 0.636. The molecule has 0 aliphatic heterocycles. The van der Waals surface area contributed by atoms with Crippen LogP contribution >= 0.6 is 0 Å². The van der Waals surface area contributed by atoms with Gasteiger partial charge in [0, 0.05) is 38.7 Å². The summed E-state index contributed by atoms with van der Waals surface area (Å²) in [6, 6.07) is 63.1. The summed E-state index contributed by atoms with van der Waals surface area (Å²) >= 11 is 0. The molecule has 0 fully saturated rings. The zero-order valence-electron chi connectivity index (χ0n) is 33.6. The Hall–Kier alpha value is -8.16. The predicted octanol–water partition coefficient (Wildman–Crippen LogP) is 12.3. The summed E-state index contributed by atoms with van der Waals surface area (Å²) in [5.74, 6) is 3.39. The number of hydrogen-bond donors (Lipinski definition) is 0. The molecule has 7 aromatic carbocycles. The molecule has 62 heavy (non-hydrogen) atoms. The first-order chi connectivity index (χ1) is 30.7. The molecule has 0 radical (unpaired) electrons. The Morgan fingerprint density at radius 3 is 1.55 bits per heavy atom. The monoisotopic (exact) mass is 795 g/mol. The minimum atomic E-state index is -1.23. The van der Waals surface area contributed by atoms with Crippen molar-refractivity contribution in [1.82, 2.24) is 34.5 Å². The number of nitrogens with zero attached hydrogens (tertiary/aromatic N) is 7. The van der Waals surface area contributed by atoms with Crippen LogP contribution in [0.2, 0.25) is 0 Å². The molecule has 1 atom stereocenters. The molecular weight excluding hydrogens is 759 g/mol. The lowest BCUT2D eigenvalue weighted by Crippen LogP contribution is -2.34. The number of hydrogen-bond acceptors (Lipinski definition) is 6. The molecule has 2 aliphatic rings. The third kappa shape index (κ3) is 5.66. The van der Waals surface area contributed by atoms with Crippen LogP contribution in [-0.2, 0) is 5.41 Å². The fraction of sp³-hybridized carbons (Fsp3) is 0.0545. The first-order valence-corrected chi connectivity index (χ1v) is 21.0. The third-order valence-corrected chi connectivity index (χ3v) is 12.1. The molecule has 10 aromatic rings. The van der Waals surface area contributed by atoms with Gasteiger partial charge in [0.15, 0.2) is 34.9 Å². The van der Waals surface area contributed by atoms with Crippen molar-refractivity contribution < 1.29 is 0 Å². The Morgan fingerprint density at radius 2 is 0.935 bits per heavy atom. The summed E-state index contributed by atoms with van der Waals surface area (Å²) in [5.41, 5.74) is 9.78. The summed E-state index contributed by atoms with van der Waals surface area (Å²) in [4.78, 5) is 32.6. The molecule has 0 saturated heterocycles. The van der Waals surface area contributed by atoms with Gasteiger partial charge in [-0.15, -0.1) is 0 Å². The maximum atomic E-state index is 5.57.